The van der Waals surface area contributed by atoms with Gasteiger partial charge in [-0.3, -0.25) is 76.7 Å². The number of hydrogen-bond donors (Lipinski definition) is 15. The van der Waals surface area contributed by atoms with Crippen LogP contribution < -0.4 is 53.6 Å². The van der Waals surface area contributed by atoms with E-state index in [0.29, 0.717) is 23.3 Å². The van der Waals surface area contributed by atoms with Gasteiger partial charge >= 0.3 is 29.8 Å². The molecule has 0 radical (unpaired) electrons. The fourth-order valence-electron chi connectivity index (χ4n) is 9.07. The molecule has 1 aromatic carbocycles. The highest BCUT2D eigenvalue weighted by Gasteiger charge is 2.38. The van der Waals surface area contributed by atoms with Crippen molar-refractivity contribution in [2.24, 2.45) is 11.7 Å². The lowest BCUT2D eigenvalue weighted by Crippen LogP contribution is -2.59. The fourth-order valence-corrected chi connectivity index (χ4v) is 9.66. The predicted molar refractivity (Wildman–Crippen MR) is 321 cm³/mol. The second-order valence-electron chi connectivity index (χ2n) is 22.0. The van der Waals surface area contributed by atoms with Crippen molar-refractivity contribution in [1.29, 1.82) is 0 Å². The second-order valence-corrected chi connectivity index (χ2v) is 22.9. The number of nitrogens with two attached hydrogens (primary N) is 1. The number of carbonyl (C=O) groups is 16. The first kappa shape index (κ1) is 78.3. The molecule has 91 heavy (non-hydrogen) atoms. The number of thioether (sulfide) groups is 1. The normalized spacial score (nSPS) is 15.3. The number of carboxylic acid groups (broad SMARTS) is 5. The van der Waals surface area contributed by atoms with E-state index in [1.165, 1.54) is 36.1 Å². The van der Waals surface area contributed by atoms with Crippen LogP contribution >= 0.6 is 11.8 Å². The molecular formula is C57H85N11O22S. The molecule has 0 bridgehead atoms. The Labute approximate surface area is 528 Å². The van der Waals surface area contributed by atoms with Crippen molar-refractivity contribution >= 4 is 106 Å². The van der Waals surface area contributed by atoms with Crippen molar-refractivity contribution in [3.63, 3.8) is 0 Å². The highest BCUT2D eigenvalue weighted by atomic mass is 32.2. The quantitative estimate of drug-likeness (QED) is 0.0231. The minimum atomic E-state index is -1.94. The van der Waals surface area contributed by atoms with Crippen LogP contribution in [-0.2, 0) is 83.1 Å². The van der Waals surface area contributed by atoms with Crippen molar-refractivity contribution in [1.82, 2.24) is 52.8 Å². The summed E-state index contributed by atoms with van der Waals surface area (Å²) < 4.78 is 5.58. The molecule has 0 saturated carbocycles. The lowest BCUT2D eigenvalue weighted by molar-refractivity contribution is -0.142. The number of ether oxygens (including phenoxy) is 1. The minimum absolute atomic E-state index is 0.0466. The van der Waals surface area contributed by atoms with Crippen molar-refractivity contribution in [2.75, 3.05) is 44.9 Å². The first-order valence-corrected chi connectivity index (χ1v) is 30.7. The van der Waals surface area contributed by atoms with E-state index in [0.717, 1.165) is 0 Å². The highest BCUT2D eigenvalue weighted by molar-refractivity contribution is 7.98. The SMILES string of the molecule is CSCC(C)NC(=O)CNC(=O)[C@H](CC(C)C)NC(=O)C1CCCN1C(=O)COCCNC(=O)C(Cc1ccc(C(C)=O)cc1)NC(=O)C(CCC(=O)O)NC(=O)[C@@H](CCC(=O)O)NC(=O)C(CCC(=O)O)NC(=O)[C@@H](CCC(=O)O)NC(=O)C(N)CCC(=O)O. The molecule has 0 aromatic heterocycles. The number of benzene rings is 1. The first-order valence-electron chi connectivity index (χ1n) is 29.3. The monoisotopic (exact) mass is 1310 g/mol. The van der Waals surface area contributed by atoms with Gasteiger partial charge in [0.1, 0.15) is 48.9 Å². The second kappa shape index (κ2) is 40.8. The molecule has 1 aliphatic rings. The van der Waals surface area contributed by atoms with Gasteiger partial charge in [0.2, 0.25) is 59.1 Å². The molecular weight excluding hydrogens is 1220 g/mol. The molecule has 10 amide bonds. The summed E-state index contributed by atoms with van der Waals surface area (Å²) >= 11 is 1.54. The highest BCUT2D eigenvalue weighted by Crippen LogP contribution is 2.19. The van der Waals surface area contributed by atoms with E-state index in [-0.39, 0.29) is 63.2 Å². The molecule has 33 nitrogen and oxygen atoms in total. The minimum Gasteiger partial charge on any atom is -0.481 e. The summed E-state index contributed by atoms with van der Waals surface area (Å²) in [5.41, 5.74) is 6.43. The summed E-state index contributed by atoms with van der Waals surface area (Å²) in [5, 5.41) is 68.9. The number of nitrogens with zero attached hydrogens (tertiary/aromatic N) is 1. The largest absolute Gasteiger partial charge is 0.481 e. The van der Waals surface area contributed by atoms with Gasteiger partial charge in [0.15, 0.2) is 5.78 Å². The molecule has 506 valence electrons. The van der Waals surface area contributed by atoms with Crippen molar-refractivity contribution in [3.05, 3.63) is 35.4 Å². The molecule has 1 fully saturated rings. The number of likely N-dealkylation sites (tertiary alicyclic amines) is 1. The van der Waals surface area contributed by atoms with E-state index in [9.17, 15) is 97.1 Å². The van der Waals surface area contributed by atoms with Crippen LogP contribution in [0, 0.1) is 5.92 Å². The Bertz CT molecular complexity index is 2750. The molecule has 1 saturated heterocycles. The number of amides is 10. The standard InChI is InChI=1S/C57H85N11O22S/c1-30(2)25-40(52(84)60-27-43(70)61-31(3)29-91-5)67-57(89)42-7-6-23-68(42)44(71)28-90-24-22-59-51(83)41(26-33-8-10-34(11-9-33)32(4)69)66-56(88)39(16-21-49(80)81)65-55(87)38(15-20-48(78)79)64-54(86)37(14-19-47(76)77)63-53(85)36(13-18-46(74)75)62-50(82)35(58)12-17-45(72)73/h8-11,30-31,35-42H,6-7,12-29,58H2,1-5H3,(H,59,83)(H,60,84)(H,61,70)(H,62,82)(H,63,85)(H,64,86)(H,65,87)(H,66,88)(H,67,89)(H,72,73)(H,74,75)(H,76,77)(H,78,79)(H,80,81)/t31?,35?,36-,37?,38-,39?,40+,41?,42?/m1/s1. The van der Waals surface area contributed by atoms with Crippen LogP contribution in [0.25, 0.3) is 0 Å². The zero-order valence-corrected chi connectivity index (χ0v) is 52.2. The summed E-state index contributed by atoms with van der Waals surface area (Å²) in [6, 6.07) is -6.76. The molecule has 6 unspecified atom stereocenters. The molecule has 1 aliphatic heterocycles. The molecule has 2 rings (SSSR count). The number of aliphatic carboxylic acids is 5. The van der Waals surface area contributed by atoms with Crippen LogP contribution in [0.3, 0.4) is 0 Å². The van der Waals surface area contributed by atoms with Crippen molar-refractivity contribution in [3.8, 4) is 0 Å². The molecule has 0 aliphatic carbocycles. The molecule has 1 aromatic rings. The average Bonchev–Trinajstić information content (AvgIpc) is 2.34. The number of ketones is 1. The van der Waals surface area contributed by atoms with Gasteiger partial charge in [-0.2, -0.15) is 11.8 Å². The van der Waals surface area contributed by atoms with Crippen molar-refractivity contribution < 1.29 is 107 Å². The van der Waals surface area contributed by atoms with E-state index in [4.69, 9.17) is 15.6 Å². The Morgan fingerprint density at radius 2 is 1.01 bits per heavy atom. The average molecular weight is 1310 g/mol. The summed E-state index contributed by atoms with van der Waals surface area (Å²) in [6.07, 6.45) is -4.41. The summed E-state index contributed by atoms with van der Waals surface area (Å²) in [6.45, 7) is 5.55. The zero-order valence-electron chi connectivity index (χ0n) is 51.3. The maximum Gasteiger partial charge on any atom is 0.303 e. The van der Waals surface area contributed by atoms with Crippen LogP contribution in [0.1, 0.15) is 127 Å². The van der Waals surface area contributed by atoms with Crippen LogP contribution in [0.15, 0.2) is 24.3 Å². The Morgan fingerprint density at radius 1 is 0.571 bits per heavy atom. The predicted octanol–water partition coefficient (Wildman–Crippen LogP) is -2.85. The number of rotatable bonds is 44. The molecule has 9 atom stereocenters. The summed E-state index contributed by atoms with van der Waals surface area (Å²) in [7, 11) is 0. The third-order valence-electron chi connectivity index (χ3n) is 13.8. The van der Waals surface area contributed by atoms with Gasteiger partial charge in [-0.15, -0.1) is 0 Å². The smallest absolute Gasteiger partial charge is 0.303 e. The van der Waals surface area contributed by atoms with Crippen LogP contribution in [0.4, 0.5) is 0 Å². The van der Waals surface area contributed by atoms with E-state index in [2.05, 4.69) is 47.9 Å². The number of hydrogen-bond acceptors (Lipinski definition) is 19. The maximum absolute atomic E-state index is 14.2. The number of nitrogens with one attached hydrogen (secondary N) is 9. The molecule has 34 heteroatoms. The van der Waals surface area contributed by atoms with E-state index < -0.39 is 208 Å². The van der Waals surface area contributed by atoms with Gasteiger partial charge in [0, 0.05) is 69.0 Å². The van der Waals surface area contributed by atoms with Gasteiger partial charge in [-0.05, 0) is 83.0 Å². The van der Waals surface area contributed by atoms with E-state index in [1.807, 2.05) is 27.0 Å². The Morgan fingerprint density at radius 3 is 1.45 bits per heavy atom. The number of carboxylic acids is 5. The van der Waals surface area contributed by atoms with Gasteiger partial charge in [0.05, 0.1) is 19.2 Å². The lowest BCUT2D eigenvalue weighted by atomic mass is 10.0. The first-order chi connectivity index (χ1) is 42.8. The molecule has 0 spiro atoms. The summed E-state index contributed by atoms with van der Waals surface area (Å²) in [4.78, 5) is 206. The number of Topliss-reactive ketones (excluding diaryl/α,β-unsaturated/α-hetero) is 1. The fraction of sp³-hybridized carbons (Fsp3) is 0.614. The Balaban J connectivity index is 2.34. The molecule has 1 heterocycles. The third kappa shape index (κ3) is 31.0. The molecule has 16 N–H and O–H groups in total. The van der Waals surface area contributed by atoms with E-state index in [1.54, 1.807) is 11.8 Å². The van der Waals surface area contributed by atoms with Gasteiger partial charge in [-0.25, -0.2) is 0 Å². The Hall–Kier alpha value is -8.79. The van der Waals surface area contributed by atoms with E-state index >= 15 is 0 Å². The Kier molecular flexibility index (Phi) is 35.1. The van der Waals surface area contributed by atoms with Gasteiger partial charge in [0.25, 0.3) is 0 Å². The zero-order chi connectivity index (χ0) is 68.5. The summed E-state index contributed by atoms with van der Waals surface area (Å²) in [5.74, 6) is -16.1. The van der Waals surface area contributed by atoms with Crippen LogP contribution in [0.5, 0.6) is 0 Å². The van der Waals surface area contributed by atoms with Crippen molar-refractivity contribution in [2.45, 2.75) is 172 Å². The third-order valence-corrected chi connectivity index (χ3v) is 14.6. The van der Waals surface area contributed by atoms with Gasteiger partial charge < -0.3 is 88.8 Å². The van der Waals surface area contributed by atoms with Crippen LogP contribution in [0.2, 0.25) is 0 Å². The lowest BCUT2D eigenvalue weighted by Gasteiger charge is -2.27. The number of carbonyl (C=O) groups excluding carboxylic acids is 11. The van der Waals surface area contributed by atoms with Crippen LogP contribution in [-0.4, -0.2) is 224 Å². The van der Waals surface area contributed by atoms with Gasteiger partial charge in [-0.1, -0.05) is 38.1 Å². The topological polar surface area (TPSA) is 521 Å². The maximum atomic E-state index is 14.2.